The number of likely N-dealkylation sites (tertiary alicyclic amines) is 1. The number of fused-ring (bicyclic) bond motifs is 1. The Labute approximate surface area is 412 Å². The van der Waals surface area contributed by atoms with Crippen LogP contribution in [-0.4, -0.2) is 145 Å². The van der Waals surface area contributed by atoms with Gasteiger partial charge in [0.1, 0.15) is 17.7 Å². The first-order valence-corrected chi connectivity index (χ1v) is 25.8. The lowest BCUT2D eigenvalue weighted by atomic mass is 9.70. The summed E-state index contributed by atoms with van der Waals surface area (Å²) in [6.07, 6.45) is 7.16. The van der Waals surface area contributed by atoms with Crippen LogP contribution < -0.4 is 10.6 Å². The van der Waals surface area contributed by atoms with Crippen LogP contribution in [0.3, 0.4) is 0 Å². The second kappa shape index (κ2) is 24.7. The van der Waals surface area contributed by atoms with Gasteiger partial charge in [-0.3, -0.25) is 28.9 Å². The number of likely N-dealkylation sites (N-methyl/N-ethyl adjacent to an activating group) is 2. The number of hydrogen-bond acceptors (Lipinski definition) is 10. The van der Waals surface area contributed by atoms with Crippen molar-refractivity contribution in [3.63, 3.8) is 0 Å². The van der Waals surface area contributed by atoms with Crippen LogP contribution in [0.1, 0.15) is 125 Å². The maximum Gasteiger partial charge on any atom is 0.329 e. The largest absolute Gasteiger partial charge is 0.481 e. The van der Waals surface area contributed by atoms with Gasteiger partial charge >= 0.3 is 11.9 Å². The van der Waals surface area contributed by atoms with Crippen molar-refractivity contribution in [1.29, 1.82) is 0 Å². The third-order valence-corrected chi connectivity index (χ3v) is 15.9. The molecule has 2 bridgehead atoms. The van der Waals surface area contributed by atoms with Crippen molar-refractivity contribution >= 4 is 35.6 Å². The maximum absolute atomic E-state index is 14.6. The Balaban J connectivity index is 1.28. The van der Waals surface area contributed by atoms with Gasteiger partial charge in [-0.15, -0.1) is 0 Å². The van der Waals surface area contributed by atoms with E-state index in [4.69, 9.17) is 19.3 Å². The van der Waals surface area contributed by atoms with E-state index in [1.54, 1.807) is 45.0 Å². The molecule has 1 saturated heterocycles. The predicted molar refractivity (Wildman–Crippen MR) is 265 cm³/mol. The minimum Gasteiger partial charge on any atom is -0.481 e. The Morgan fingerprint density at radius 1 is 0.913 bits per heavy atom. The van der Waals surface area contributed by atoms with E-state index in [-0.39, 0.29) is 60.6 Å². The first kappa shape index (κ1) is 55.6. The first-order valence-electron chi connectivity index (χ1n) is 25.8. The molecule has 3 N–H and O–H groups in total. The molecule has 0 radical (unpaired) electrons. The van der Waals surface area contributed by atoms with Crippen molar-refractivity contribution < 1.29 is 48.1 Å². The third kappa shape index (κ3) is 13.5. The lowest BCUT2D eigenvalue weighted by molar-refractivity contribution is -0.165. The molecule has 2 saturated carbocycles. The highest BCUT2D eigenvalue weighted by Crippen LogP contribution is 2.60. The number of benzene rings is 1. The number of aliphatic carboxylic acids is 1. The van der Waals surface area contributed by atoms with Gasteiger partial charge in [-0.25, -0.2) is 4.79 Å². The van der Waals surface area contributed by atoms with Gasteiger partial charge in [0, 0.05) is 40.7 Å². The number of hydrogen-bond donors (Lipinski definition) is 3. The van der Waals surface area contributed by atoms with E-state index in [0.717, 1.165) is 31.2 Å². The van der Waals surface area contributed by atoms with Gasteiger partial charge in [-0.1, -0.05) is 104 Å². The Kier molecular flexibility index (Phi) is 19.9. The molecule has 1 aliphatic heterocycles. The van der Waals surface area contributed by atoms with Crippen LogP contribution >= 0.6 is 0 Å². The van der Waals surface area contributed by atoms with Gasteiger partial charge < -0.3 is 39.8 Å². The average molecular weight is 964 g/mol. The molecule has 4 amide bonds. The number of carbonyl (C=O) groups is 6. The number of carbonyl (C=O) groups excluding carboxylic acids is 5. The molecule has 13 atom stereocenters. The number of allylic oxidation sites excluding steroid dienone is 2. The standard InChI is InChI=1S/C54H85N5O10/c1-13-35(7)48(58(10)52(65)46(32(2)3)56-51(64)47(33(4)5)57(9)23-18-22-45(61)62)43(67-11)28-44(60)59-24-17-21-42(59)49(68-12)36(8)50(63)55-41(26-37-19-15-14-16-20-37)53(66)69-54-29-34(6)25-38-27-39(30-54)40(38)31-54/h14-16,19-20,25,32-36,39-43,46-49H,13,17-18,21-24,26-31H2,1-12H3,(H,55,63)(H,56,64)(H,61,62). The summed E-state index contributed by atoms with van der Waals surface area (Å²) in [5.41, 5.74) is 1.85. The van der Waals surface area contributed by atoms with Gasteiger partial charge in [0.05, 0.1) is 42.7 Å². The monoisotopic (exact) mass is 964 g/mol. The molecular formula is C54H85N5O10. The van der Waals surface area contributed by atoms with Crippen LogP contribution in [-0.2, 0) is 49.4 Å². The second-order valence-corrected chi connectivity index (χ2v) is 21.7. The van der Waals surface area contributed by atoms with Crippen LogP contribution in [0.5, 0.6) is 0 Å². The lowest BCUT2D eigenvalue weighted by Gasteiger charge is -2.41. The summed E-state index contributed by atoms with van der Waals surface area (Å²) in [5, 5.41) is 15.3. The summed E-state index contributed by atoms with van der Waals surface area (Å²) < 4.78 is 18.7. The Hall–Kier alpha value is -4.34. The molecule has 5 rings (SSSR count). The third-order valence-electron chi connectivity index (χ3n) is 15.9. The van der Waals surface area contributed by atoms with Gasteiger partial charge in [0.2, 0.25) is 23.6 Å². The van der Waals surface area contributed by atoms with E-state index in [9.17, 15) is 28.8 Å². The number of amides is 4. The summed E-state index contributed by atoms with van der Waals surface area (Å²) >= 11 is 0. The highest BCUT2D eigenvalue weighted by molar-refractivity contribution is 5.90. The highest BCUT2D eigenvalue weighted by Gasteiger charge is 2.56. The van der Waals surface area contributed by atoms with E-state index < -0.39 is 65.9 Å². The van der Waals surface area contributed by atoms with Gasteiger partial charge in [0.15, 0.2) is 0 Å². The minimum absolute atomic E-state index is 0.00854. The van der Waals surface area contributed by atoms with Crippen molar-refractivity contribution in [1.82, 2.24) is 25.3 Å². The second-order valence-electron chi connectivity index (χ2n) is 21.7. The zero-order valence-corrected chi connectivity index (χ0v) is 43.7. The summed E-state index contributed by atoms with van der Waals surface area (Å²) in [7, 11) is 6.60. The number of nitrogens with zero attached hydrogens (tertiary/aromatic N) is 3. The normalized spacial score (nSPS) is 25.3. The molecule has 3 aliphatic carbocycles. The van der Waals surface area contributed by atoms with E-state index in [0.29, 0.717) is 56.5 Å². The van der Waals surface area contributed by atoms with Crippen molar-refractivity contribution in [2.75, 3.05) is 41.4 Å². The fourth-order valence-electron chi connectivity index (χ4n) is 12.2. The molecule has 386 valence electrons. The summed E-state index contributed by atoms with van der Waals surface area (Å²) in [6.45, 7) is 16.5. The number of carboxylic acid groups (broad SMARTS) is 1. The summed E-state index contributed by atoms with van der Waals surface area (Å²) in [5.74, 6) is -2.35. The lowest BCUT2D eigenvalue weighted by Crippen LogP contribution is -2.60. The zero-order chi connectivity index (χ0) is 50.9. The van der Waals surface area contributed by atoms with Crippen molar-refractivity contribution in [2.45, 2.75) is 174 Å². The number of esters is 1. The Bertz CT molecular complexity index is 1960. The molecule has 1 aromatic carbocycles. The highest BCUT2D eigenvalue weighted by atomic mass is 16.6. The average Bonchev–Trinajstić information content (AvgIpc) is 3.86. The van der Waals surface area contributed by atoms with E-state index in [1.165, 1.54) is 5.57 Å². The molecule has 69 heavy (non-hydrogen) atoms. The fraction of sp³-hybridized carbons (Fsp3) is 0.741. The number of nitrogens with one attached hydrogen (secondary N) is 2. The molecule has 0 aromatic heterocycles. The molecule has 15 nitrogen and oxygen atoms in total. The Morgan fingerprint density at radius 3 is 2.22 bits per heavy atom. The quantitative estimate of drug-likeness (QED) is 0.0703. The number of carboxylic acids is 1. The maximum atomic E-state index is 14.6. The zero-order valence-electron chi connectivity index (χ0n) is 43.7. The number of ether oxygens (including phenoxy) is 3. The van der Waals surface area contributed by atoms with E-state index in [1.807, 2.05) is 76.8 Å². The number of rotatable bonds is 26. The summed E-state index contributed by atoms with van der Waals surface area (Å²) in [4.78, 5) is 88.2. The van der Waals surface area contributed by atoms with Crippen molar-refractivity contribution in [2.24, 2.45) is 41.4 Å². The summed E-state index contributed by atoms with van der Waals surface area (Å²) in [6, 6.07) is 6.30. The van der Waals surface area contributed by atoms with Crippen molar-refractivity contribution in [3.8, 4) is 0 Å². The van der Waals surface area contributed by atoms with Crippen LogP contribution in [0.15, 0.2) is 42.0 Å². The molecule has 0 spiro atoms. The van der Waals surface area contributed by atoms with Crippen LogP contribution in [0.2, 0.25) is 0 Å². The molecule has 1 aromatic rings. The molecule has 1 heterocycles. The molecule has 13 unspecified atom stereocenters. The van der Waals surface area contributed by atoms with E-state index in [2.05, 4.69) is 23.6 Å². The number of methoxy groups -OCH3 is 2. The fourth-order valence-corrected chi connectivity index (χ4v) is 12.2. The Morgan fingerprint density at radius 2 is 1.61 bits per heavy atom. The van der Waals surface area contributed by atoms with Crippen LogP contribution in [0.4, 0.5) is 0 Å². The van der Waals surface area contributed by atoms with E-state index >= 15 is 0 Å². The van der Waals surface area contributed by atoms with Gasteiger partial charge in [-0.05, 0) is 99.6 Å². The first-order chi connectivity index (χ1) is 32.6. The predicted octanol–water partition coefficient (Wildman–Crippen LogP) is 6.27. The topological polar surface area (TPSA) is 184 Å². The van der Waals surface area contributed by atoms with Gasteiger partial charge in [0.25, 0.3) is 0 Å². The molecule has 15 heteroatoms. The molecule has 3 fully saturated rings. The smallest absolute Gasteiger partial charge is 0.329 e. The SMILES string of the molecule is CCC(C)C(C(CC(=O)N1CCCC1C(OC)C(C)C(=O)NC(Cc1ccccc1)C(=O)OC12CC(C)C=C3CC(C1)C3C2)OC)N(C)C(=O)C(NC(=O)C(C(C)C)N(C)CCCC(=O)O)C(C)C. The minimum atomic E-state index is -0.920. The van der Waals surface area contributed by atoms with Crippen molar-refractivity contribution in [3.05, 3.63) is 47.5 Å². The van der Waals surface area contributed by atoms with Crippen LogP contribution in [0, 0.1) is 41.4 Å². The molecule has 4 aliphatic rings. The molecular weight excluding hydrogens is 879 g/mol. The van der Waals surface area contributed by atoms with Gasteiger partial charge in [-0.2, -0.15) is 0 Å². The van der Waals surface area contributed by atoms with Crippen LogP contribution in [0.25, 0.3) is 0 Å².